The number of nitrogens with two attached hydrogens (primary N) is 1. The van der Waals surface area contributed by atoms with Gasteiger partial charge in [-0.3, -0.25) is 4.99 Å². The molecule has 2 nitrogen and oxygen atoms in total. The van der Waals surface area contributed by atoms with Crippen LogP contribution in [-0.4, -0.2) is 18.1 Å². The van der Waals surface area contributed by atoms with Gasteiger partial charge in [0.05, 0.1) is 5.84 Å². The van der Waals surface area contributed by atoms with E-state index in [0.717, 1.165) is 31.0 Å². The Balaban J connectivity index is 0. The average molecular weight is 225 g/mol. The summed E-state index contributed by atoms with van der Waals surface area (Å²) in [6, 6.07) is 0. The SMILES string of the molecule is CC(C)(C)CN=C(N)CCCS.Cl. The second-order valence-electron chi connectivity index (χ2n) is 4.20. The smallest absolute Gasteiger partial charge is 0.0937 e. The fraction of sp³-hybridized carbons (Fsp3) is 0.889. The minimum Gasteiger partial charge on any atom is -0.387 e. The molecule has 4 heteroatoms. The lowest BCUT2D eigenvalue weighted by molar-refractivity contribution is 0.429. The van der Waals surface area contributed by atoms with E-state index in [1.165, 1.54) is 0 Å². The fourth-order valence-electron chi connectivity index (χ4n) is 0.678. The van der Waals surface area contributed by atoms with Gasteiger partial charge in [-0.05, 0) is 17.6 Å². The number of thiol groups is 1. The molecule has 80 valence electrons. The zero-order chi connectivity index (χ0) is 9.61. The van der Waals surface area contributed by atoms with Crippen LogP contribution in [0.5, 0.6) is 0 Å². The van der Waals surface area contributed by atoms with E-state index in [9.17, 15) is 0 Å². The second-order valence-corrected chi connectivity index (χ2v) is 4.64. The van der Waals surface area contributed by atoms with Crippen molar-refractivity contribution in [1.29, 1.82) is 0 Å². The highest BCUT2D eigenvalue weighted by atomic mass is 35.5. The molecule has 0 unspecified atom stereocenters. The summed E-state index contributed by atoms with van der Waals surface area (Å²) < 4.78 is 0. The topological polar surface area (TPSA) is 38.4 Å². The quantitative estimate of drug-likeness (QED) is 0.430. The standard InChI is InChI=1S/C9H20N2S.ClH/c1-9(2,3)7-11-8(10)5-4-6-12;/h12H,4-7H2,1-3H3,(H2,10,11);1H. The summed E-state index contributed by atoms with van der Waals surface area (Å²) in [7, 11) is 0. The third-order valence-electron chi connectivity index (χ3n) is 1.35. The van der Waals surface area contributed by atoms with Crippen LogP contribution < -0.4 is 5.73 Å². The molecule has 0 spiro atoms. The summed E-state index contributed by atoms with van der Waals surface area (Å²) >= 11 is 4.11. The molecule has 0 bridgehead atoms. The van der Waals surface area contributed by atoms with Gasteiger partial charge in [0.15, 0.2) is 0 Å². The van der Waals surface area contributed by atoms with Gasteiger partial charge in [-0.15, -0.1) is 12.4 Å². The van der Waals surface area contributed by atoms with Crippen LogP contribution in [0.1, 0.15) is 33.6 Å². The molecule has 0 saturated heterocycles. The number of aliphatic imine (C=N–C) groups is 1. The van der Waals surface area contributed by atoms with Crippen LogP contribution in [0.3, 0.4) is 0 Å². The van der Waals surface area contributed by atoms with E-state index in [-0.39, 0.29) is 17.8 Å². The molecule has 0 fully saturated rings. The number of halogens is 1. The molecule has 0 atom stereocenters. The van der Waals surface area contributed by atoms with Crippen LogP contribution in [0.25, 0.3) is 0 Å². The number of rotatable bonds is 4. The summed E-state index contributed by atoms with van der Waals surface area (Å²) in [4.78, 5) is 4.29. The minimum atomic E-state index is 0. The van der Waals surface area contributed by atoms with Gasteiger partial charge in [0, 0.05) is 13.0 Å². The first-order valence-corrected chi connectivity index (χ1v) is 4.98. The van der Waals surface area contributed by atoms with Crippen molar-refractivity contribution in [2.75, 3.05) is 12.3 Å². The lowest BCUT2D eigenvalue weighted by Gasteiger charge is -2.14. The third-order valence-corrected chi connectivity index (χ3v) is 1.66. The van der Waals surface area contributed by atoms with Crippen molar-refractivity contribution in [3.05, 3.63) is 0 Å². The van der Waals surface area contributed by atoms with Crippen molar-refractivity contribution in [3.8, 4) is 0 Å². The molecule has 0 amide bonds. The van der Waals surface area contributed by atoms with Crippen molar-refractivity contribution in [2.45, 2.75) is 33.6 Å². The number of hydrogen-bond donors (Lipinski definition) is 2. The minimum absolute atomic E-state index is 0. The molecule has 0 aliphatic rings. The Bertz CT molecular complexity index is 152. The van der Waals surface area contributed by atoms with Crippen LogP contribution in [0.15, 0.2) is 4.99 Å². The van der Waals surface area contributed by atoms with Gasteiger partial charge in [-0.25, -0.2) is 0 Å². The molecular weight excluding hydrogens is 204 g/mol. The summed E-state index contributed by atoms with van der Waals surface area (Å²) in [5, 5.41) is 0. The summed E-state index contributed by atoms with van der Waals surface area (Å²) in [6.07, 6.45) is 1.89. The maximum Gasteiger partial charge on any atom is 0.0937 e. The molecule has 2 N–H and O–H groups in total. The summed E-state index contributed by atoms with van der Waals surface area (Å²) in [6.45, 7) is 7.28. The number of nitrogens with zero attached hydrogens (tertiary/aromatic N) is 1. The number of hydrogen-bond acceptors (Lipinski definition) is 2. The highest BCUT2D eigenvalue weighted by Gasteiger charge is 2.08. The summed E-state index contributed by atoms with van der Waals surface area (Å²) in [5.41, 5.74) is 5.92. The summed E-state index contributed by atoms with van der Waals surface area (Å²) in [5.74, 6) is 1.64. The van der Waals surface area contributed by atoms with E-state index in [0.29, 0.717) is 0 Å². The number of amidine groups is 1. The van der Waals surface area contributed by atoms with E-state index in [4.69, 9.17) is 5.73 Å². The fourth-order valence-corrected chi connectivity index (χ4v) is 0.836. The Hall–Kier alpha value is 0.110. The molecule has 0 aromatic rings. The second kappa shape index (κ2) is 7.51. The molecule has 0 radical (unpaired) electrons. The van der Waals surface area contributed by atoms with E-state index >= 15 is 0 Å². The van der Waals surface area contributed by atoms with Crippen LogP contribution in [-0.2, 0) is 0 Å². The third kappa shape index (κ3) is 12.1. The first-order chi connectivity index (χ1) is 5.45. The van der Waals surface area contributed by atoms with Crippen LogP contribution in [0.4, 0.5) is 0 Å². The predicted octanol–water partition coefficient (Wildman–Crippen LogP) is 2.52. The lowest BCUT2D eigenvalue weighted by Crippen LogP contribution is -2.17. The Labute approximate surface area is 93.2 Å². The van der Waals surface area contributed by atoms with E-state index in [1.54, 1.807) is 0 Å². The van der Waals surface area contributed by atoms with Gasteiger partial charge < -0.3 is 5.73 Å². The predicted molar refractivity (Wildman–Crippen MR) is 66.3 cm³/mol. The Morgan fingerprint density at radius 1 is 1.38 bits per heavy atom. The average Bonchev–Trinajstić information content (AvgIpc) is 1.95. The maximum absolute atomic E-state index is 5.68. The van der Waals surface area contributed by atoms with Gasteiger partial charge in [-0.1, -0.05) is 20.8 Å². The maximum atomic E-state index is 5.68. The molecule has 0 aromatic heterocycles. The van der Waals surface area contributed by atoms with Crippen LogP contribution in [0.2, 0.25) is 0 Å². The largest absolute Gasteiger partial charge is 0.387 e. The van der Waals surface area contributed by atoms with Gasteiger partial charge in [0.1, 0.15) is 0 Å². The van der Waals surface area contributed by atoms with Gasteiger partial charge in [0.2, 0.25) is 0 Å². The van der Waals surface area contributed by atoms with E-state index in [1.807, 2.05) is 0 Å². The highest BCUT2D eigenvalue weighted by molar-refractivity contribution is 7.80. The first-order valence-electron chi connectivity index (χ1n) is 4.35. The Kier molecular flexibility index (Phi) is 9.00. The van der Waals surface area contributed by atoms with Crippen LogP contribution >= 0.6 is 25.0 Å². The zero-order valence-electron chi connectivity index (χ0n) is 8.71. The van der Waals surface area contributed by atoms with Gasteiger partial charge in [0.25, 0.3) is 0 Å². The van der Waals surface area contributed by atoms with Crippen molar-refractivity contribution in [1.82, 2.24) is 0 Å². The van der Waals surface area contributed by atoms with E-state index < -0.39 is 0 Å². The molecule has 0 aliphatic heterocycles. The Morgan fingerprint density at radius 2 is 1.92 bits per heavy atom. The zero-order valence-corrected chi connectivity index (χ0v) is 10.4. The van der Waals surface area contributed by atoms with Crippen molar-refractivity contribution < 1.29 is 0 Å². The van der Waals surface area contributed by atoms with Crippen molar-refractivity contribution in [2.24, 2.45) is 16.1 Å². The molecule has 0 rings (SSSR count). The molecule has 0 saturated carbocycles. The van der Waals surface area contributed by atoms with Crippen molar-refractivity contribution in [3.63, 3.8) is 0 Å². The molecule has 0 aliphatic carbocycles. The van der Waals surface area contributed by atoms with Crippen molar-refractivity contribution >= 4 is 30.9 Å². The van der Waals surface area contributed by atoms with Gasteiger partial charge in [-0.2, -0.15) is 12.6 Å². The normalized spacial score (nSPS) is 12.5. The molecule has 13 heavy (non-hydrogen) atoms. The Morgan fingerprint density at radius 3 is 2.31 bits per heavy atom. The first kappa shape index (κ1) is 15.6. The van der Waals surface area contributed by atoms with Gasteiger partial charge >= 0.3 is 0 Å². The molecule has 0 heterocycles. The highest BCUT2D eigenvalue weighted by Crippen LogP contribution is 2.12. The lowest BCUT2D eigenvalue weighted by atomic mass is 9.97. The monoisotopic (exact) mass is 224 g/mol. The molecular formula is C9H21ClN2S. The van der Waals surface area contributed by atoms with Crippen LogP contribution in [0, 0.1) is 5.41 Å². The van der Waals surface area contributed by atoms with E-state index in [2.05, 4.69) is 38.4 Å². The molecule has 0 aromatic carbocycles.